The van der Waals surface area contributed by atoms with E-state index >= 15 is 0 Å². The van der Waals surface area contributed by atoms with E-state index in [-0.39, 0.29) is 24.0 Å². The van der Waals surface area contributed by atoms with Crippen molar-refractivity contribution in [3.63, 3.8) is 0 Å². The van der Waals surface area contributed by atoms with Crippen LogP contribution in [0.4, 0.5) is 0 Å². The van der Waals surface area contributed by atoms with Crippen molar-refractivity contribution in [3.05, 3.63) is 0 Å². The Labute approximate surface area is 67.0 Å². The van der Waals surface area contributed by atoms with Crippen molar-refractivity contribution in [2.45, 2.75) is 0 Å². The number of alkyl halides is 1. The van der Waals surface area contributed by atoms with Crippen molar-refractivity contribution < 1.29 is 0 Å². The van der Waals surface area contributed by atoms with Crippen LogP contribution in [0, 0.1) is 0 Å². The molecule has 1 nitrogen and oxygen atoms in total. The minimum absolute atomic E-state index is 0. The lowest BCUT2D eigenvalue weighted by molar-refractivity contribution is 0.436. The third-order valence-electron chi connectivity index (χ3n) is 0.532. The first-order chi connectivity index (χ1) is 2.77. The summed E-state index contributed by atoms with van der Waals surface area (Å²) in [6.07, 6.45) is 0. The Morgan fingerprint density at radius 2 is 1.86 bits per heavy atom. The highest BCUT2D eigenvalue weighted by atomic mass is 127. The van der Waals surface area contributed by atoms with Gasteiger partial charge >= 0.3 is 0 Å². The quantitative estimate of drug-likeness (QED) is 0.517. The molecule has 0 spiro atoms. The standard InChI is InChI=1S/C4H10ClN.HI/c1-6(2)4-3-5;/h3-4H2,1-2H3;1H. The van der Waals surface area contributed by atoms with Crippen LogP contribution < -0.4 is 0 Å². The van der Waals surface area contributed by atoms with Crippen LogP contribution in [-0.2, 0) is 0 Å². The topological polar surface area (TPSA) is 3.24 Å². The molecule has 0 aromatic carbocycles. The van der Waals surface area contributed by atoms with E-state index in [1.54, 1.807) is 0 Å². The molecule has 0 amide bonds. The molecule has 0 bridgehead atoms. The molecule has 0 aromatic rings. The van der Waals surface area contributed by atoms with E-state index in [1.807, 2.05) is 19.0 Å². The molecule has 0 heterocycles. The van der Waals surface area contributed by atoms with Gasteiger partial charge in [-0.05, 0) is 14.1 Å². The molecule has 0 saturated heterocycles. The van der Waals surface area contributed by atoms with Crippen molar-refractivity contribution in [3.8, 4) is 0 Å². The Morgan fingerprint density at radius 3 is 1.86 bits per heavy atom. The largest absolute Gasteiger partial charge is 0.308 e. The maximum Gasteiger partial charge on any atom is 0.0350 e. The molecule has 0 aliphatic heterocycles. The summed E-state index contributed by atoms with van der Waals surface area (Å²) in [6, 6.07) is 0. The summed E-state index contributed by atoms with van der Waals surface area (Å²) in [7, 11) is 4.00. The van der Waals surface area contributed by atoms with Gasteiger partial charge in [-0.15, -0.1) is 35.6 Å². The second-order valence-corrected chi connectivity index (χ2v) is 1.87. The molecule has 0 aliphatic rings. The van der Waals surface area contributed by atoms with E-state index in [9.17, 15) is 0 Å². The highest BCUT2D eigenvalue weighted by molar-refractivity contribution is 14.0. The fraction of sp³-hybridized carbons (Fsp3) is 1.00. The SMILES string of the molecule is CN(C)CCCl.I. The average molecular weight is 235 g/mol. The summed E-state index contributed by atoms with van der Waals surface area (Å²) in [5, 5.41) is 0. The molecule has 0 fully saturated rings. The third-order valence-corrected chi connectivity index (χ3v) is 0.701. The zero-order valence-electron chi connectivity index (χ0n) is 4.65. The Kier molecular flexibility index (Phi) is 10.8. The van der Waals surface area contributed by atoms with Crippen LogP contribution in [0.3, 0.4) is 0 Å². The molecule has 7 heavy (non-hydrogen) atoms. The van der Waals surface area contributed by atoms with E-state index < -0.39 is 0 Å². The summed E-state index contributed by atoms with van der Waals surface area (Å²) >= 11 is 5.35. The minimum Gasteiger partial charge on any atom is -0.308 e. The van der Waals surface area contributed by atoms with Crippen molar-refractivity contribution in [1.29, 1.82) is 0 Å². The van der Waals surface area contributed by atoms with Crippen molar-refractivity contribution >= 4 is 35.6 Å². The fourth-order valence-corrected chi connectivity index (χ4v) is 0.507. The molecule has 0 radical (unpaired) electrons. The van der Waals surface area contributed by atoms with E-state index in [0.717, 1.165) is 12.4 Å². The summed E-state index contributed by atoms with van der Waals surface area (Å²) < 4.78 is 0. The van der Waals surface area contributed by atoms with Crippen LogP contribution in [-0.4, -0.2) is 31.4 Å². The summed E-state index contributed by atoms with van der Waals surface area (Å²) in [5.41, 5.74) is 0. The van der Waals surface area contributed by atoms with Gasteiger partial charge < -0.3 is 4.90 Å². The lowest BCUT2D eigenvalue weighted by Gasteiger charge is -2.02. The van der Waals surface area contributed by atoms with Gasteiger partial charge in [0.05, 0.1) is 0 Å². The zero-order valence-corrected chi connectivity index (χ0v) is 7.73. The van der Waals surface area contributed by atoms with Crippen LogP contribution in [0.5, 0.6) is 0 Å². The minimum atomic E-state index is 0. The second kappa shape index (κ2) is 6.98. The number of hydrogen-bond donors (Lipinski definition) is 0. The molecule has 0 aromatic heterocycles. The van der Waals surface area contributed by atoms with Crippen LogP contribution in [0.25, 0.3) is 0 Å². The maximum absolute atomic E-state index is 5.35. The van der Waals surface area contributed by atoms with E-state index in [0.29, 0.717) is 0 Å². The first-order valence-corrected chi connectivity index (χ1v) is 2.51. The zero-order chi connectivity index (χ0) is 4.99. The molecule has 3 heteroatoms. The van der Waals surface area contributed by atoms with Crippen LogP contribution in [0.2, 0.25) is 0 Å². The first kappa shape index (κ1) is 10.9. The Morgan fingerprint density at radius 1 is 1.43 bits per heavy atom. The van der Waals surface area contributed by atoms with Gasteiger partial charge in [0, 0.05) is 12.4 Å². The number of rotatable bonds is 2. The van der Waals surface area contributed by atoms with Gasteiger partial charge in [0.15, 0.2) is 0 Å². The Bertz CT molecular complexity index is 32.9. The predicted octanol–water partition coefficient (Wildman–Crippen LogP) is 1.40. The van der Waals surface area contributed by atoms with Gasteiger partial charge in [-0.1, -0.05) is 0 Å². The molecule has 0 saturated carbocycles. The highest BCUT2D eigenvalue weighted by Crippen LogP contribution is 1.75. The number of halogens is 2. The van der Waals surface area contributed by atoms with Gasteiger partial charge in [-0.2, -0.15) is 0 Å². The Hall–Kier alpha value is 0.980. The molecule has 0 N–H and O–H groups in total. The number of hydrogen-bond acceptors (Lipinski definition) is 1. The van der Waals surface area contributed by atoms with Crippen molar-refractivity contribution in [2.24, 2.45) is 0 Å². The monoisotopic (exact) mass is 235 g/mol. The van der Waals surface area contributed by atoms with E-state index in [1.165, 1.54) is 0 Å². The normalized spacial score (nSPS) is 8.57. The van der Waals surface area contributed by atoms with Crippen molar-refractivity contribution in [1.82, 2.24) is 4.90 Å². The summed E-state index contributed by atoms with van der Waals surface area (Å²) in [5.74, 6) is 0.729. The van der Waals surface area contributed by atoms with Crippen LogP contribution >= 0.6 is 35.6 Å². The van der Waals surface area contributed by atoms with E-state index in [4.69, 9.17) is 11.6 Å². The van der Waals surface area contributed by atoms with Crippen molar-refractivity contribution in [2.75, 3.05) is 26.5 Å². The molecule has 46 valence electrons. The molecular formula is C4H11ClIN. The predicted molar refractivity (Wildman–Crippen MR) is 44.7 cm³/mol. The summed E-state index contributed by atoms with van der Waals surface area (Å²) in [6.45, 7) is 0.974. The van der Waals surface area contributed by atoms with Crippen LogP contribution in [0.15, 0.2) is 0 Å². The number of nitrogens with zero attached hydrogens (tertiary/aromatic N) is 1. The highest BCUT2D eigenvalue weighted by Gasteiger charge is 1.81. The lowest BCUT2D eigenvalue weighted by atomic mass is 10.7. The smallest absolute Gasteiger partial charge is 0.0350 e. The summed E-state index contributed by atoms with van der Waals surface area (Å²) in [4.78, 5) is 2.05. The second-order valence-electron chi connectivity index (χ2n) is 1.49. The van der Waals surface area contributed by atoms with Gasteiger partial charge in [-0.3, -0.25) is 0 Å². The molecule has 0 aliphatic carbocycles. The molecular weight excluding hydrogens is 224 g/mol. The van der Waals surface area contributed by atoms with Gasteiger partial charge in [0.1, 0.15) is 0 Å². The third kappa shape index (κ3) is 10.9. The van der Waals surface area contributed by atoms with E-state index in [2.05, 4.69) is 0 Å². The average Bonchev–Trinajstić information content (AvgIpc) is 1.35. The molecule has 0 unspecified atom stereocenters. The molecule has 0 atom stereocenters. The van der Waals surface area contributed by atoms with Gasteiger partial charge in [0.2, 0.25) is 0 Å². The fourth-order valence-electron chi connectivity index (χ4n) is 0.169. The van der Waals surface area contributed by atoms with Gasteiger partial charge in [-0.25, -0.2) is 0 Å². The van der Waals surface area contributed by atoms with Gasteiger partial charge in [0.25, 0.3) is 0 Å². The maximum atomic E-state index is 5.35. The van der Waals surface area contributed by atoms with Crippen LogP contribution in [0.1, 0.15) is 0 Å². The first-order valence-electron chi connectivity index (χ1n) is 1.98. The molecule has 0 rings (SSSR count). The Balaban J connectivity index is 0. The lowest BCUT2D eigenvalue weighted by Crippen LogP contribution is -2.13.